The highest BCUT2D eigenvalue weighted by Crippen LogP contribution is 2.50. The first-order valence-corrected chi connectivity index (χ1v) is 9.10. The monoisotopic (exact) mass is 303 g/mol. The van der Waals surface area contributed by atoms with Crippen molar-refractivity contribution in [3.8, 4) is 0 Å². The van der Waals surface area contributed by atoms with E-state index in [1.54, 1.807) is 0 Å². The lowest BCUT2D eigenvalue weighted by Crippen LogP contribution is -2.47. The number of nitrogens with zero attached hydrogens (tertiary/aromatic N) is 3. The lowest BCUT2D eigenvalue weighted by molar-refractivity contribution is -0.132. The third-order valence-electron chi connectivity index (χ3n) is 6.15. The summed E-state index contributed by atoms with van der Waals surface area (Å²) in [6.07, 6.45) is 4.99. The summed E-state index contributed by atoms with van der Waals surface area (Å²) in [5, 5.41) is 0. The van der Waals surface area contributed by atoms with E-state index in [9.17, 15) is 4.79 Å². The van der Waals surface area contributed by atoms with Gasteiger partial charge in [0.2, 0.25) is 0 Å². The van der Waals surface area contributed by atoms with Crippen LogP contribution >= 0.6 is 0 Å². The number of carbonyl (C=O) groups excluding carboxylic acids is 1. The first-order chi connectivity index (χ1) is 10.5. The Morgan fingerprint density at radius 3 is 2.73 bits per heavy atom. The van der Waals surface area contributed by atoms with Gasteiger partial charge in [-0.05, 0) is 50.4 Å². The van der Waals surface area contributed by atoms with E-state index in [0.29, 0.717) is 23.7 Å². The number of fused-ring (bicyclic) bond motifs is 2. The van der Waals surface area contributed by atoms with Gasteiger partial charge in [-0.25, -0.2) is 0 Å². The van der Waals surface area contributed by atoms with E-state index in [2.05, 4.69) is 18.7 Å². The van der Waals surface area contributed by atoms with Crippen LogP contribution in [0.1, 0.15) is 46.5 Å². The molecule has 4 aliphatic rings. The van der Waals surface area contributed by atoms with Crippen LogP contribution in [0.5, 0.6) is 0 Å². The summed E-state index contributed by atoms with van der Waals surface area (Å²) < 4.78 is 0. The minimum absolute atomic E-state index is 0.305. The largest absolute Gasteiger partial charge is 0.302 e. The van der Waals surface area contributed by atoms with Crippen LogP contribution < -0.4 is 0 Å². The molecule has 2 saturated carbocycles. The summed E-state index contributed by atoms with van der Waals surface area (Å²) in [4.78, 5) is 22.7. The third-order valence-corrected chi connectivity index (χ3v) is 6.15. The molecule has 2 aliphatic carbocycles. The Hall–Kier alpha value is -0.900. The van der Waals surface area contributed by atoms with Gasteiger partial charge in [0, 0.05) is 32.1 Å². The zero-order valence-corrected chi connectivity index (χ0v) is 14.2. The van der Waals surface area contributed by atoms with Crippen molar-refractivity contribution < 1.29 is 4.79 Å². The second-order valence-electron chi connectivity index (χ2n) is 8.46. The Labute approximate surface area is 133 Å². The molecule has 2 aliphatic heterocycles. The van der Waals surface area contributed by atoms with E-state index < -0.39 is 5.54 Å². The van der Waals surface area contributed by atoms with Gasteiger partial charge in [-0.2, -0.15) is 0 Å². The normalized spacial score (nSPS) is 38.5. The molecular weight excluding hydrogens is 274 g/mol. The Morgan fingerprint density at radius 1 is 1.27 bits per heavy atom. The van der Waals surface area contributed by atoms with Crippen LogP contribution in [0.15, 0.2) is 4.99 Å². The Bertz CT molecular complexity index is 510. The SMILES string of the molecule is CC1=N[C@@]2(CC[C@@H]3CN(CC4CC4)C[C@@H]32)C(=O)N1CC(C)C. The summed E-state index contributed by atoms with van der Waals surface area (Å²) >= 11 is 0. The van der Waals surface area contributed by atoms with Crippen molar-refractivity contribution in [3.05, 3.63) is 0 Å². The molecular formula is C18H29N3O. The molecule has 0 unspecified atom stereocenters. The first kappa shape index (κ1) is 14.7. The maximum atomic E-state index is 13.2. The van der Waals surface area contributed by atoms with Gasteiger partial charge in [-0.15, -0.1) is 0 Å². The molecule has 3 fully saturated rings. The molecule has 0 radical (unpaired) electrons. The van der Waals surface area contributed by atoms with Gasteiger partial charge < -0.3 is 4.90 Å². The molecule has 0 aromatic heterocycles. The number of carbonyl (C=O) groups is 1. The third kappa shape index (κ3) is 2.22. The van der Waals surface area contributed by atoms with Crippen molar-refractivity contribution in [1.29, 1.82) is 0 Å². The minimum Gasteiger partial charge on any atom is -0.302 e. The van der Waals surface area contributed by atoms with Crippen molar-refractivity contribution in [2.45, 2.75) is 52.0 Å². The van der Waals surface area contributed by atoms with Gasteiger partial charge in [0.15, 0.2) is 0 Å². The fraction of sp³-hybridized carbons (Fsp3) is 0.889. The number of likely N-dealkylation sites (tertiary alicyclic amines) is 1. The van der Waals surface area contributed by atoms with Crippen LogP contribution in [0.2, 0.25) is 0 Å². The number of hydrogen-bond donors (Lipinski definition) is 0. The number of aliphatic imine (C=N–C) groups is 1. The van der Waals surface area contributed by atoms with E-state index in [1.165, 1.54) is 32.4 Å². The molecule has 1 spiro atoms. The molecule has 0 aromatic rings. The lowest BCUT2D eigenvalue weighted by atomic mass is 9.85. The van der Waals surface area contributed by atoms with Crippen molar-refractivity contribution in [3.63, 3.8) is 0 Å². The quantitative estimate of drug-likeness (QED) is 0.799. The van der Waals surface area contributed by atoms with Crippen LogP contribution in [0.3, 0.4) is 0 Å². The fourth-order valence-corrected chi connectivity index (χ4v) is 4.96. The van der Waals surface area contributed by atoms with E-state index >= 15 is 0 Å². The van der Waals surface area contributed by atoms with E-state index in [4.69, 9.17) is 4.99 Å². The van der Waals surface area contributed by atoms with Gasteiger partial charge in [-0.1, -0.05) is 13.8 Å². The predicted octanol–water partition coefficient (Wildman–Crippen LogP) is 2.39. The molecule has 22 heavy (non-hydrogen) atoms. The van der Waals surface area contributed by atoms with Gasteiger partial charge in [0.1, 0.15) is 11.4 Å². The summed E-state index contributed by atoms with van der Waals surface area (Å²) in [7, 11) is 0. The van der Waals surface area contributed by atoms with E-state index in [-0.39, 0.29) is 0 Å². The Morgan fingerprint density at radius 2 is 2.05 bits per heavy atom. The smallest absolute Gasteiger partial charge is 0.256 e. The Kier molecular flexibility index (Phi) is 3.37. The van der Waals surface area contributed by atoms with Crippen molar-refractivity contribution in [1.82, 2.24) is 9.80 Å². The number of rotatable bonds is 4. The van der Waals surface area contributed by atoms with Gasteiger partial charge in [-0.3, -0.25) is 14.7 Å². The molecule has 122 valence electrons. The average Bonchev–Trinajstić information content (AvgIpc) is 3.00. The molecule has 0 bridgehead atoms. The maximum absolute atomic E-state index is 13.2. The minimum atomic E-state index is -0.401. The summed E-state index contributed by atoms with van der Waals surface area (Å²) in [5.74, 6) is 3.86. The number of hydrogen-bond acceptors (Lipinski definition) is 3. The van der Waals surface area contributed by atoms with Crippen LogP contribution in [-0.2, 0) is 4.79 Å². The van der Waals surface area contributed by atoms with Crippen LogP contribution in [0, 0.1) is 23.7 Å². The molecule has 3 atom stereocenters. The van der Waals surface area contributed by atoms with Crippen molar-refractivity contribution in [2.24, 2.45) is 28.7 Å². The number of amides is 1. The Balaban J connectivity index is 1.53. The topological polar surface area (TPSA) is 35.9 Å². The van der Waals surface area contributed by atoms with Crippen LogP contribution in [0.4, 0.5) is 0 Å². The predicted molar refractivity (Wildman–Crippen MR) is 87.8 cm³/mol. The zero-order valence-electron chi connectivity index (χ0n) is 14.2. The van der Waals surface area contributed by atoms with Gasteiger partial charge in [0.05, 0.1) is 0 Å². The highest BCUT2D eigenvalue weighted by molar-refractivity contribution is 6.07. The average molecular weight is 303 g/mol. The van der Waals surface area contributed by atoms with Crippen molar-refractivity contribution in [2.75, 3.05) is 26.2 Å². The molecule has 1 saturated heterocycles. The maximum Gasteiger partial charge on any atom is 0.256 e. The molecule has 4 heteroatoms. The fourth-order valence-electron chi connectivity index (χ4n) is 4.96. The highest BCUT2D eigenvalue weighted by atomic mass is 16.2. The highest BCUT2D eigenvalue weighted by Gasteiger charge is 2.60. The van der Waals surface area contributed by atoms with Gasteiger partial charge >= 0.3 is 0 Å². The van der Waals surface area contributed by atoms with E-state index in [1.807, 2.05) is 11.8 Å². The van der Waals surface area contributed by atoms with Crippen molar-refractivity contribution >= 4 is 11.7 Å². The molecule has 4 rings (SSSR count). The molecule has 4 nitrogen and oxygen atoms in total. The lowest BCUT2D eigenvalue weighted by Gasteiger charge is -2.28. The second-order valence-corrected chi connectivity index (χ2v) is 8.46. The van der Waals surface area contributed by atoms with Gasteiger partial charge in [0.25, 0.3) is 5.91 Å². The standard InChI is InChI=1S/C18H29N3O/c1-12(2)8-21-13(3)19-18(17(21)22)7-6-15-10-20(11-16(15)18)9-14-4-5-14/h12,14-16H,4-11H2,1-3H3/t15-,16+,18-/m1/s1. The van der Waals surface area contributed by atoms with Crippen LogP contribution in [0.25, 0.3) is 0 Å². The second kappa shape index (κ2) is 5.05. The first-order valence-electron chi connectivity index (χ1n) is 9.10. The molecule has 1 amide bonds. The zero-order chi connectivity index (χ0) is 15.5. The van der Waals surface area contributed by atoms with E-state index in [0.717, 1.165) is 31.3 Å². The summed E-state index contributed by atoms with van der Waals surface area (Å²) in [6.45, 7) is 10.8. The molecule has 0 N–H and O–H groups in total. The summed E-state index contributed by atoms with van der Waals surface area (Å²) in [6, 6.07) is 0. The molecule has 0 aromatic carbocycles. The molecule has 2 heterocycles. The summed E-state index contributed by atoms with van der Waals surface area (Å²) in [5.41, 5.74) is -0.401. The van der Waals surface area contributed by atoms with Crippen LogP contribution in [-0.4, -0.2) is 53.3 Å². The number of amidine groups is 1.